The lowest BCUT2D eigenvalue weighted by atomic mass is 9.94. The van der Waals surface area contributed by atoms with Gasteiger partial charge in [-0.2, -0.15) is 0 Å². The number of benzene rings is 1. The lowest BCUT2D eigenvalue weighted by molar-refractivity contribution is 0.0923. The fourth-order valence-corrected chi connectivity index (χ4v) is 5.52. The van der Waals surface area contributed by atoms with E-state index in [1.54, 1.807) is 25.1 Å². The standard InChI is InChI=1S/C18H15ClN2O7S2/c1-9-15(19)18(28-20-9)21-30(24,25)14-4-5-29-17(14)16(23)11(7-22)10-2-3-12-13(6-10)27-8-26-12/h2-6,11,21-22H,7-8H2,1H3. The highest BCUT2D eigenvalue weighted by atomic mass is 35.5. The summed E-state index contributed by atoms with van der Waals surface area (Å²) >= 11 is 6.93. The Kier molecular flexibility index (Phi) is 5.45. The number of carbonyl (C=O) groups is 1. The number of hydrogen-bond acceptors (Lipinski definition) is 9. The molecule has 0 bridgehead atoms. The quantitative estimate of drug-likeness (QED) is 0.504. The van der Waals surface area contributed by atoms with E-state index in [-0.39, 0.29) is 27.5 Å². The maximum absolute atomic E-state index is 13.2. The van der Waals surface area contributed by atoms with Crippen molar-refractivity contribution in [2.75, 3.05) is 18.1 Å². The number of nitrogens with zero attached hydrogens (tertiary/aromatic N) is 1. The molecule has 1 atom stereocenters. The second kappa shape index (κ2) is 7.91. The van der Waals surface area contributed by atoms with Gasteiger partial charge in [0.1, 0.15) is 15.6 Å². The molecule has 0 amide bonds. The normalized spacial score (nSPS) is 14.0. The summed E-state index contributed by atoms with van der Waals surface area (Å²) in [5.41, 5.74) is 0.796. The number of carbonyl (C=O) groups excluding carboxylic acids is 1. The van der Waals surface area contributed by atoms with Gasteiger partial charge in [0.15, 0.2) is 17.3 Å². The average molecular weight is 471 g/mol. The predicted octanol–water partition coefficient (Wildman–Crippen LogP) is 3.19. The van der Waals surface area contributed by atoms with Gasteiger partial charge in [0.05, 0.1) is 17.4 Å². The molecule has 4 rings (SSSR count). The first kappa shape index (κ1) is 20.7. The Morgan fingerprint density at radius 2 is 2.10 bits per heavy atom. The van der Waals surface area contributed by atoms with Gasteiger partial charge in [0.2, 0.25) is 6.79 Å². The van der Waals surface area contributed by atoms with E-state index in [4.69, 9.17) is 25.6 Å². The van der Waals surface area contributed by atoms with Crippen molar-refractivity contribution in [2.45, 2.75) is 17.7 Å². The lowest BCUT2D eigenvalue weighted by Gasteiger charge is -2.14. The summed E-state index contributed by atoms with van der Waals surface area (Å²) < 4.78 is 43.4. The third kappa shape index (κ3) is 3.65. The van der Waals surface area contributed by atoms with E-state index in [1.807, 2.05) is 0 Å². The number of nitrogens with one attached hydrogen (secondary N) is 1. The second-order valence-corrected chi connectivity index (χ2v) is 9.29. The van der Waals surface area contributed by atoms with Gasteiger partial charge >= 0.3 is 0 Å². The lowest BCUT2D eigenvalue weighted by Crippen LogP contribution is -2.20. The van der Waals surface area contributed by atoms with Crippen LogP contribution in [0.2, 0.25) is 5.02 Å². The van der Waals surface area contributed by atoms with Crippen LogP contribution in [0.25, 0.3) is 0 Å². The largest absolute Gasteiger partial charge is 0.454 e. The monoisotopic (exact) mass is 470 g/mol. The fraction of sp³-hybridized carbons (Fsp3) is 0.222. The smallest absolute Gasteiger partial charge is 0.265 e. The van der Waals surface area contributed by atoms with Crippen LogP contribution < -0.4 is 14.2 Å². The first-order valence-corrected chi connectivity index (χ1v) is 11.3. The maximum Gasteiger partial charge on any atom is 0.265 e. The highest BCUT2D eigenvalue weighted by Crippen LogP contribution is 2.37. The highest BCUT2D eigenvalue weighted by molar-refractivity contribution is 7.93. The van der Waals surface area contributed by atoms with Crippen molar-refractivity contribution in [3.63, 3.8) is 0 Å². The van der Waals surface area contributed by atoms with Gasteiger partial charge in [0.25, 0.3) is 15.9 Å². The number of hydrogen-bond donors (Lipinski definition) is 2. The Bertz CT molecular complexity index is 1220. The molecule has 1 aliphatic rings. The number of aliphatic hydroxyl groups excluding tert-OH is 1. The van der Waals surface area contributed by atoms with Crippen molar-refractivity contribution in [2.24, 2.45) is 0 Å². The molecule has 30 heavy (non-hydrogen) atoms. The number of aromatic nitrogens is 1. The van der Waals surface area contributed by atoms with Crippen LogP contribution in [0, 0.1) is 6.92 Å². The van der Waals surface area contributed by atoms with E-state index in [0.717, 1.165) is 11.3 Å². The van der Waals surface area contributed by atoms with Gasteiger partial charge in [-0.3, -0.25) is 4.79 Å². The third-order valence-electron chi connectivity index (χ3n) is 4.46. The number of thiophene rings is 1. The van der Waals surface area contributed by atoms with Gasteiger partial charge in [-0.1, -0.05) is 22.8 Å². The summed E-state index contributed by atoms with van der Waals surface area (Å²) in [6.45, 7) is 1.11. The number of ether oxygens (including phenoxy) is 2. The number of anilines is 1. The van der Waals surface area contributed by atoms with Crippen LogP contribution in [0.15, 0.2) is 39.1 Å². The van der Waals surface area contributed by atoms with Gasteiger partial charge in [-0.05, 0) is 36.1 Å². The van der Waals surface area contributed by atoms with E-state index in [1.165, 1.54) is 11.4 Å². The Hall–Kier alpha value is -2.60. The molecule has 12 heteroatoms. The molecule has 1 aliphatic heterocycles. The molecule has 3 aromatic rings. The molecule has 0 saturated carbocycles. The van der Waals surface area contributed by atoms with Gasteiger partial charge < -0.3 is 19.1 Å². The van der Waals surface area contributed by atoms with Crippen LogP contribution in [0.3, 0.4) is 0 Å². The van der Waals surface area contributed by atoms with Crippen LogP contribution >= 0.6 is 22.9 Å². The second-order valence-electron chi connectivity index (χ2n) is 6.34. The molecular weight excluding hydrogens is 456 g/mol. The molecule has 2 N–H and O–H groups in total. The molecule has 0 saturated heterocycles. The minimum absolute atomic E-state index is 0.0234. The molecule has 158 valence electrons. The van der Waals surface area contributed by atoms with Crippen LogP contribution in [0.5, 0.6) is 11.5 Å². The van der Waals surface area contributed by atoms with Crippen LogP contribution in [-0.2, 0) is 10.0 Å². The number of aryl methyl sites for hydroxylation is 1. The minimum atomic E-state index is -4.19. The maximum atomic E-state index is 13.2. The summed E-state index contributed by atoms with van der Waals surface area (Å²) in [4.78, 5) is 12.9. The van der Waals surface area contributed by atoms with Crippen molar-refractivity contribution in [3.8, 4) is 11.5 Å². The Balaban J connectivity index is 1.65. The predicted molar refractivity (Wildman–Crippen MR) is 108 cm³/mol. The molecule has 0 spiro atoms. The van der Waals surface area contributed by atoms with Gasteiger partial charge in [0, 0.05) is 0 Å². The third-order valence-corrected chi connectivity index (χ3v) is 7.34. The Labute approximate surface area is 180 Å². The van der Waals surface area contributed by atoms with Crippen molar-refractivity contribution in [1.82, 2.24) is 5.16 Å². The van der Waals surface area contributed by atoms with E-state index in [9.17, 15) is 18.3 Å². The van der Waals surface area contributed by atoms with E-state index < -0.39 is 28.3 Å². The number of sulfonamides is 1. The molecule has 3 heterocycles. The first-order valence-electron chi connectivity index (χ1n) is 8.58. The van der Waals surface area contributed by atoms with E-state index in [2.05, 4.69) is 9.88 Å². The molecular formula is C18H15ClN2O7S2. The number of rotatable bonds is 7. The summed E-state index contributed by atoms with van der Waals surface area (Å²) in [7, 11) is -4.19. The zero-order valence-electron chi connectivity index (χ0n) is 15.4. The highest BCUT2D eigenvalue weighted by Gasteiger charge is 2.31. The van der Waals surface area contributed by atoms with Gasteiger partial charge in [-0.15, -0.1) is 11.3 Å². The van der Waals surface area contributed by atoms with Crippen molar-refractivity contribution in [3.05, 3.63) is 50.8 Å². The molecule has 0 fully saturated rings. The molecule has 9 nitrogen and oxygen atoms in total. The van der Waals surface area contributed by atoms with E-state index >= 15 is 0 Å². The molecule has 0 aliphatic carbocycles. The zero-order valence-corrected chi connectivity index (χ0v) is 17.8. The molecule has 1 aromatic carbocycles. The summed E-state index contributed by atoms with van der Waals surface area (Å²) in [5, 5.41) is 15.0. The first-order chi connectivity index (χ1) is 14.3. The topological polar surface area (TPSA) is 128 Å². The van der Waals surface area contributed by atoms with Crippen LogP contribution in [0.1, 0.15) is 26.8 Å². The average Bonchev–Trinajstić information content (AvgIpc) is 3.45. The summed E-state index contributed by atoms with van der Waals surface area (Å²) in [5.74, 6) is -0.788. The van der Waals surface area contributed by atoms with Crippen molar-refractivity contribution >= 4 is 44.6 Å². The number of Topliss-reactive ketones (excluding diaryl/α,β-unsaturated/α-hetero) is 1. The summed E-state index contributed by atoms with van der Waals surface area (Å²) in [6.07, 6.45) is 0. The van der Waals surface area contributed by atoms with Crippen LogP contribution in [0.4, 0.5) is 5.88 Å². The number of aliphatic hydroxyl groups is 1. The number of halogens is 1. The zero-order chi connectivity index (χ0) is 21.5. The van der Waals surface area contributed by atoms with Crippen LogP contribution in [-0.4, -0.2) is 37.9 Å². The SMILES string of the molecule is Cc1noc(NS(=O)(=O)c2ccsc2C(=O)C(CO)c2ccc3c(c2)OCO3)c1Cl. The van der Waals surface area contributed by atoms with Crippen molar-refractivity contribution in [1.29, 1.82) is 0 Å². The number of ketones is 1. The van der Waals surface area contributed by atoms with E-state index in [0.29, 0.717) is 22.8 Å². The van der Waals surface area contributed by atoms with Crippen molar-refractivity contribution < 1.29 is 32.3 Å². The summed E-state index contributed by atoms with van der Waals surface area (Å²) in [6, 6.07) is 6.16. The number of fused-ring (bicyclic) bond motifs is 1. The Morgan fingerprint density at radius 1 is 1.33 bits per heavy atom. The molecule has 2 aromatic heterocycles. The molecule has 1 unspecified atom stereocenters. The fourth-order valence-electron chi connectivity index (χ4n) is 2.92. The Morgan fingerprint density at radius 3 is 2.80 bits per heavy atom. The minimum Gasteiger partial charge on any atom is -0.454 e. The van der Waals surface area contributed by atoms with Gasteiger partial charge in [-0.25, -0.2) is 13.1 Å². The molecule has 0 radical (unpaired) electrons.